The zero-order valence-electron chi connectivity index (χ0n) is 9.46. The normalized spacial score (nSPS) is 10.4. The Bertz CT molecular complexity index is 641. The second-order valence-corrected chi connectivity index (χ2v) is 3.61. The van der Waals surface area contributed by atoms with E-state index in [4.69, 9.17) is 5.73 Å². The summed E-state index contributed by atoms with van der Waals surface area (Å²) in [7, 11) is 0. The Morgan fingerprint density at radius 3 is 2.41 bits per heavy atom. The predicted octanol–water partition coefficient (Wildman–Crippen LogP) is 0.601. The van der Waals surface area contributed by atoms with Crippen molar-refractivity contribution in [3.63, 3.8) is 0 Å². The highest BCUT2D eigenvalue weighted by Crippen LogP contribution is 2.07. The SMILES string of the molecule is CCn1c(=O)cc(N)n(-c2ccccc2)c1=O. The van der Waals surface area contributed by atoms with Crippen molar-refractivity contribution >= 4 is 5.82 Å². The molecule has 1 aromatic carbocycles. The van der Waals surface area contributed by atoms with Crippen LogP contribution in [0.1, 0.15) is 6.92 Å². The van der Waals surface area contributed by atoms with Crippen molar-refractivity contribution in [3.8, 4) is 5.69 Å². The minimum absolute atomic E-state index is 0.149. The lowest BCUT2D eigenvalue weighted by Gasteiger charge is -2.11. The fraction of sp³-hybridized carbons (Fsp3) is 0.167. The number of hydrogen-bond acceptors (Lipinski definition) is 3. The molecule has 5 nitrogen and oxygen atoms in total. The summed E-state index contributed by atoms with van der Waals surface area (Å²) in [5, 5.41) is 0. The number of benzene rings is 1. The minimum Gasteiger partial charge on any atom is -0.385 e. The molecular weight excluding hydrogens is 218 g/mol. The molecule has 0 unspecified atom stereocenters. The van der Waals surface area contributed by atoms with Gasteiger partial charge in [-0.1, -0.05) is 18.2 Å². The summed E-state index contributed by atoms with van der Waals surface area (Å²) < 4.78 is 2.47. The maximum Gasteiger partial charge on any atom is 0.337 e. The molecule has 0 radical (unpaired) electrons. The van der Waals surface area contributed by atoms with Crippen LogP contribution in [0.5, 0.6) is 0 Å². The van der Waals surface area contributed by atoms with E-state index in [0.29, 0.717) is 12.2 Å². The van der Waals surface area contributed by atoms with Crippen LogP contribution in [0.2, 0.25) is 0 Å². The lowest BCUT2D eigenvalue weighted by atomic mass is 10.3. The summed E-state index contributed by atoms with van der Waals surface area (Å²) >= 11 is 0. The van der Waals surface area contributed by atoms with Gasteiger partial charge < -0.3 is 5.73 Å². The van der Waals surface area contributed by atoms with Gasteiger partial charge in [-0.15, -0.1) is 0 Å². The van der Waals surface area contributed by atoms with E-state index in [-0.39, 0.29) is 11.4 Å². The number of nitrogens with zero attached hydrogens (tertiary/aromatic N) is 2. The summed E-state index contributed by atoms with van der Waals surface area (Å²) in [6, 6.07) is 10.3. The van der Waals surface area contributed by atoms with Crippen molar-refractivity contribution in [2.45, 2.75) is 13.5 Å². The zero-order valence-corrected chi connectivity index (χ0v) is 9.46. The second kappa shape index (κ2) is 4.29. The van der Waals surface area contributed by atoms with Gasteiger partial charge in [0, 0.05) is 12.6 Å². The Morgan fingerprint density at radius 1 is 1.18 bits per heavy atom. The molecule has 88 valence electrons. The molecule has 0 spiro atoms. The van der Waals surface area contributed by atoms with Crippen LogP contribution in [0.25, 0.3) is 5.69 Å². The quantitative estimate of drug-likeness (QED) is 0.822. The Balaban J connectivity index is 2.80. The van der Waals surface area contributed by atoms with Crippen LogP contribution < -0.4 is 17.0 Å². The highest BCUT2D eigenvalue weighted by Gasteiger charge is 2.09. The molecule has 1 heterocycles. The average molecular weight is 231 g/mol. The van der Waals surface area contributed by atoms with Gasteiger partial charge in [-0.2, -0.15) is 0 Å². The third kappa shape index (κ3) is 1.87. The van der Waals surface area contributed by atoms with E-state index in [1.807, 2.05) is 18.2 Å². The fourth-order valence-corrected chi connectivity index (χ4v) is 1.72. The second-order valence-electron chi connectivity index (χ2n) is 3.61. The van der Waals surface area contributed by atoms with Crippen LogP contribution in [0.3, 0.4) is 0 Å². The van der Waals surface area contributed by atoms with Gasteiger partial charge in [0.05, 0.1) is 5.69 Å². The molecule has 2 rings (SSSR count). The lowest BCUT2D eigenvalue weighted by molar-refractivity contribution is 0.650. The van der Waals surface area contributed by atoms with Gasteiger partial charge in [0.15, 0.2) is 0 Å². The number of hydrogen-bond donors (Lipinski definition) is 1. The zero-order chi connectivity index (χ0) is 12.4. The summed E-state index contributed by atoms with van der Waals surface area (Å²) in [6.45, 7) is 2.07. The van der Waals surface area contributed by atoms with Crippen molar-refractivity contribution in [1.82, 2.24) is 9.13 Å². The van der Waals surface area contributed by atoms with Crippen molar-refractivity contribution in [2.75, 3.05) is 5.73 Å². The largest absolute Gasteiger partial charge is 0.385 e. The molecule has 0 aliphatic rings. The molecule has 0 bridgehead atoms. The van der Waals surface area contributed by atoms with Gasteiger partial charge in [0.2, 0.25) is 0 Å². The molecule has 2 N–H and O–H groups in total. The molecule has 0 amide bonds. The van der Waals surface area contributed by atoms with Gasteiger partial charge in [0.1, 0.15) is 5.82 Å². The monoisotopic (exact) mass is 231 g/mol. The van der Waals surface area contributed by atoms with Crippen LogP contribution in [-0.4, -0.2) is 9.13 Å². The van der Waals surface area contributed by atoms with Crippen LogP contribution in [0.4, 0.5) is 5.82 Å². The van der Waals surface area contributed by atoms with Crippen molar-refractivity contribution in [3.05, 3.63) is 57.2 Å². The van der Waals surface area contributed by atoms with Crippen molar-refractivity contribution in [1.29, 1.82) is 0 Å². The first-order chi connectivity index (χ1) is 8.15. The topological polar surface area (TPSA) is 70.0 Å². The number of nitrogen functional groups attached to an aromatic ring is 1. The number of rotatable bonds is 2. The van der Waals surface area contributed by atoms with E-state index in [0.717, 1.165) is 4.57 Å². The first-order valence-electron chi connectivity index (χ1n) is 5.33. The summed E-state index contributed by atoms with van der Waals surface area (Å²) in [4.78, 5) is 23.6. The van der Waals surface area contributed by atoms with E-state index in [1.54, 1.807) is 19.1 Å². The third-order valence-corrected chi connectivity index (χ3v) is 2.55. The molecule has 5 heteroatoms. The molecular formula is C12H13N3O2. The average Bonchev–Trinajstić information content (AvgIpc) is 2.30. The smallest absolute Gasteiger partial charge is 0.337 e. The predicted molar refractivity (Wildman–Crippen MR) is 66.4 cm³/mol. The van der Waals surface area contributed by atoms with Crippen LogP contribution >= 0.6 is 0 Å². The van der Waals surface area contributed by atoms with Crippen LogP contribution in [0.15, 0.2) is 46.0 Å². The standard InChI is InChI=1S/C12H13N3O2/c1-2-14-11(16)8-10(13)15(12(14)17)9-6-4-3-5-7-9/h3-8H,2,13H2,1H3. The molecule has 0 aliphatic heterocycles. The molecule has 0 fully saturated rings. The van der Waals surface area contributed by atoms with Crippen molar-refractivity contribution in [2.24, 2.45) is 0 Å². The molecule has 0 atom stereocenters. The first-order valence-corrected chi connectivity index (χ1v) is 5.33. The van der Waals surface area contributed by atoms with E-state index in [2.05, 4.69) is 0 Å². The molecule has 0 saturated heterocycles. The third-order valence-electron chi connectivity index (χ3n) is 2.55. The molecule has 17 heavy (non-hydrogen) atoms. The minimum atomic E-state index is -0.413. The van der Waals surface area contributed by atoms with Crippen LogP contribution in [-0.2, 0) is 6.54 Å². The fourth-order valence-electron chi connectivity index (χ4n) is 1.72. The maximum absolute atomic E-state index is 12.1. The Kier molecular flexibility index (Phi) is 2.82. The van der Waals surface area contributed by atoms with Crippen LogP contribution in [0, 0.1) is 0 Å². The first kappa shape index (κ1) is 11.2. The summed E-state index contributed by atoms with van der Waals surface area (Å²) in [6.07, 6.45) is 0. The molecule has 2 aromatic rings. The van der Waals surface area contributed by atoms with E-state index >= 15 is 0 Å². The number of para-hydroxylation sites is 1. The summed E-state index contributed by atoms with van der Waals surface area (Å²) in [5.41, 5.74) is 5.59. The highest BCUT2D eigenvalue weighted by molar-refractivity contribution is 5.41. The van der Waals surface area contributed by atoms with Gasteiger partial charge in [0.25, 0.3) is 5.56 Å². The number of nitrogens with two attached hydrogens (primary N) is 1. The van der Waals surface area contributed by atoms with Gasteiger partial charge >= 0.3 is 5.69 Å². The number of anilines is 1. The van der Waals surface area contributed by atoms with Gasteiger partial charge in [-0.05, 0) is 19.1 Å². The maximum atomic E-state index is 12.1. The van der Waals surface area contributed by atoms with Gasteiger partial charge in [-0.25, -0.2) is 9.36 Å². The van der Waals surface area contributed by atoms with Crippen molar-refractivity contribution < 1.29 is 0 Å². The Morgan fingerprint density at radius 2 is 1.82 bits per heavy atom. The Hall–Kier alpha value is -2.30. The van der Waals surface area contributed by atoms with E-state index in [1.165, 1.54) is 10.6 Å². The van der Waals surface area contributed by atoms with Gasteiger partial charge in [-0.3, -0.25) is 9.36 Å². The highest BCUT2D eigenvalue weighted by atomic mass is 16.2. The van der Waals surface area contributed by atoms with E-state index in [9.17, 15) is 9.59 Å². The number of aromatic nitrogens is 2. The molecule has 0 aliphatic carbocycles. The Labute approximate surface area is 97.7 Å². The molecule has 1 aromatic heterocycles. The van der Waals surface area contributed by atoms with E-state index < -0.39 is 5.69 Å². The summed E-state index contributed by atoms with van der Waals surface area (Å²) in [5.74, 6) is 0.149. The lowest BCUT2D eigenvalue weighted by Crippen LogP contribution is -2.39. The molecule has 0 saturated carbocycles.